The SMILES string of the molecule is Cc1nccc(C(=O)C(Cc2ccccc2)C2=COCO2)n1. The molecule has 3 rings (SSSR count). The zero-order valence-corrected chi connectivity index (χ0v) is 12.2. The van der Waals surface area contributed by atoms with E-state index in [9.17, 15) is 4.79 Å². The first-order valence-electron chi connectivity index (χ1n) is 7.06. The second-order valence-corrected chi connectivity index (χ2v) is 5.04. The van der Waals surface area contributed by atoms with Crippen molar-refractivity contribution in [2.75, 3.05) is 6.79 Å². The van der Waals surface area contributed by atoms with Crippen LogP contribution in [-0.4, -0.2) is 22.5 Å². The third-order valence-electron chi connectivity index (χ3n) is 3.46. The molecule has 112 valence electrons. The van der Waals surface area contributed by atoms with Crippen LogP contribution in [0.15, 0.2) is 54.6 Å². The number of Topliss-reactive ketones (excluding diaryl/α,β-unsaturated/α-hetero) is 1. The van der Waals surface area contributed by atoms with Crippen LogP contribution in [-0.2, 0) is 15.9 Å². The Bertz CT molecular complexity index is 698. The normalized spacial score (nSPS) is 14.7. The van der Waals surface area contributed by atoms with Crippen LogP contribution in [0.4, 0.5) is 0 Å². The van der Waals surface area contributed by atoms with Crippen molar-refractivity contribution >= 4 is 5.78 Å². The molecule has 0 bridgehead atoms. The van der Waals surface area contributed by atoms with E-state index in [1.165, 1.54) is 6.26 Å². The molecule has 0 N–H and O–H groups in total. The lowest BCUT2D eigenvalue weighted by Gasteiger charge is -2.15. The predicted molar refractivity (Wildman–Crippen MR) is 79.9 cm³/mol. The lowest BCUT2D eigenvalue weighted by Crippen LogP contribution is -2.21. The summed E-state index contributed by atoms with van der Waals surface area (Å²) in [5, 5.41) is 0. The van der Waals surface area contributed by atoms with E-state index in [4.69, 9.17) is 9.47 Å². The number of rotatable bonds is 5. The summed E-state index contributed by atoms with van der Waals surface area (Å²) in [5.41, 5.74) is 1.45. The number of carbonyl (C=O) groups is 1. The van der Waals surface area contributed by atoms with Crippen LogP contribution in [0.1, 0.15) is 21.9 Å². The number of aromatic nitrogens is 2. The fourth-order valence-electron chi connectivity index (χ4n) is 2.38. The molecule has 1 aliphatic heterocycles. The maximum Gasteiger partial charge on any atom is 0.229 e. The van der Waals surface area contributed by atoms with Gasteiger partial charge >= 0.3 is 0 Å². The first-order valence-corrected chi connectivity index (χ1v) is 7.06. The minimum Gasteiger partial charge on any atom is -0.462 e. The van der Waals surface area contributed by atoms with Crippen molar-refractivity contribution in [1.29, 1.82) is 0 Å². The quantitative estimate of drug-likeness (QED) is 0.794. The van der Waals surface area contributed by atoms with Gasteiger partial charge < -0.3 is 9.47 Å². The van der Waals surface area contributed by atoms with E-state index in [1.54, 1.807) is 19.2 Å². The van der Waals surface area contributed by atoms with Crippen molar-refractivity contribution in [3.05, 3.63) is 71.7 Å². The number of hydrogen-bond acceptors (Lipinski definition) is 5. The van der Waals surface area contributed by atoms with Crippen LogP contribution in [0.2, 0.25) is 0 Å². The molecule has 1 aliphatic rings. The van der Waals surface area contributed by atoms with E-state index in [2.05, 4.69) is 9.97 Å². The molecule has 0 fully saturated rings. The third-order valence-corrected chi connectivity index (χ3v) is 3.46. The molecular formula is C17H16N2O3. The maximum absolute atomic E-state index is 12.8. The molecule has 0 saturated heterocycles. The fourth-order valence-corrected chi connectivity index (χ4v) is 2.38. The summed E-state index contributed by atoms with van der Waals surface area (Å²) in [4.78, 5) is 21.1. The van der Waals surface area contributed by atoms with Crippen molar-refractivity contribution in [2.45, 2.75) is 13.3 Å². The Morgan fingerprint density at radius 3 is 2.77 bits per heavy atom. The molecule has 0 spiro atoms. The Morgan fingerprint density at radius 2 is 2.09 bits per heavy atom. The van der Waals surface area contributed by atoms with Crippen molar-refractivity contribution in [1.82, 2.24) is 9.97 Å². The first kappa shape index (κ1) is 14.3. The van der Waals surface area contributed by atoms with E-state index >= 15 is 0 Å². The summed E-state index contributed by atoms with van der Waals surface area (Å²) in [7, 11) is 0. The molecule has 1 atom stereocenters. The zero-order chi connectivity index (χ0) is 15.4. The molecule has 2 aromatic rings. The standard InChI is InChI=1S/C17H16N2O3/c1-12-18-8-7-15(19-12)17(20)14(16-10-21-11-22-16)9-13-5-3-2-4-6-13/h2-8,10,14H,9,11H2,1H3. The number of hydrogen-bond donors (Lipinski definition) is 0. The van der Waals surface area contributed by atoms with Crippen molar-refractivity contribution < 1.29 is 14.3 Å². The second-order valence-electron chi connectivity index (χ2n) is 5.04. The van der Waals surface area contributed by atoms with Gasteiger partial charge in [-0.15, -0.1) is 0 Å². The molecule has 0 radical (unpaired) electrons. The Kier molecular flexibility index (Phi) is 4.14. The van der Waals surface area contributed by atoms with Gasteiger partial charge in [-0.05, 0) is 25.0 Å². The number of ketones is 1. The van der Waals surface area contributed by atoms with Gasteiger partial charge in [-0.1, -0.05) is 30.3 Å². The molecule has 5 heteroatoms. The lowest BCUT2D eigenvalue weighted by molar-refractivity contribution is 0.0648. The minimum absolute atomic E-state index is 0.0916. The van der Waals surface area contributed by atoms with Gasteiger partial charge in [0.1, 0.15) is 23.5 Å². The molecule has 1 unspecified atom stereocenters. The predicted octanol–water partition coefficient (Wildman–Crippen LogP) is 2.67. The monoisotopic (exact) mass is 296 g/mol. The van der Waals surface area contributed by atoms with Crippen LogP contribution in [0.3, 0.4) is 0 Å². The molecule has 2 heterocycles. The molecule has 0 amide bonds. The Labute approximate surface area is 128 Å². The van der Waals surface area contributed by atoms with Gasteiger partial charge in [0.2, 0.25) is 6.79 Å². The van der Waals surface area contributed by atoms with E-state index in [0.29, 0.717) is 23.7 Å². The number of allylic oxidation sites excluding steroid dienone is 1. The van der Waals surface area contributed by atoms with Gasteiger partial charge in [0.05, 0.1) is 5.92 Å². The van der Waals surface area contributed by atoms with Crippen LogP contribution >= 0.6 is 0 Å². The summed E-state index contributed by atoms with van der Waals surface area (Å²) in [6, 6.07) is 11.5. The van der Waals surface area contributed by atoms with Crippen molar-refractivity contribution in [2.24, 2.45) is 5.92 Å². The van der Waals surface area contributed by atoms with Crippen molar-refractivity contribution in [3.8, 4) is 0 Å². The van der Waals surface area contributed by atoms with Gasteiger partial charge in [0.15, 0.2) is 5.78 Å². The van der Waals surface area contributed by atoms with E-state index < -0.39 is 5.92 Å². The molecular weight excluding hydrogens is 280 g/mol. The summed E-state index contributed by atoms with van der Waals surface area (Å²) in [5.74, 6) is 0.581. The molecule has 22 heavy (non-hydrogen) atoms. The van der Waals surface area contributed by atoms with E-state index in [0.717, 1.165) is 5.56 Å². The number of ether oxygens (including phenoxy) is 2. The van der Waals surface area contributed by atoms with Gasteiger partial charge in [0.25, 0.3) is 0 Å². The fraction of sp³-hybridized carbons (Fsp3) is 0.235. The molecule has 0 aliphatic carbocycles. The largest absolute Gasteiger partial charge is 0.462 e. The number of carbonyl (C=O) groups excluding carboxylic acids is 1. The molecule has 5 nitrogen and oxygen atoms in total. The summed E-state index contributed by atoms with van der Waals surface area (Å²) in [6.45, 7) is 1.91. The number of nitrogens with zero attached hydrogens (tertiary/aromatic N) is 2. The van der Waals surface area contributed by atoms with Crippen LogP contribution in [0.5, 0.6) is 0 Å². The Balaban J connectivity index is 1.89. The lowest BCUT2D eigenvalue weighted by atomic mass is 9.92. The average molecular weight is 296 g/mol. The summed E-state index contributed by atoms with van der Waals surface area (Å²) < 4.78 is 10.6. The Hall–Kier alpha value is -2.69. The number of aryl methyl sites for hydroxylation is 1. The summed E-state index contributed by atoms with van der Waals surface area (Å²) in [6.07, 6.45) is 3.65. The highest BCUT2D eigenvalue weighted by atomic mass is 16.7. The Morgan fingerprint density at radius 1 is 1.27 bits per heavy atom. The van der Waals surface area contributed by atoms with E-state index in [1.807, 2.05) is 30.3 Å². The van der Waals surface area contributed by atoms with Gasteiger partial charge in [-0.3, -0.25) is 4.79 Å². The maximum atomic E-state index is 12.8. The smallest absolute Gasteiger partial charge is 0.229 e. The minimum atomic E-state index is -0.445. The second kappa shape index (κ2) is 6.39. The van der Waals surface area contributed by atoms with Crippen LogP contribution in [0.25, 0.3) is 0 Å². The van der Waals surface area contributed by atoms with E-state index in [-0.39, 0.29) is 12.6 Å². The zero-order valence-electron chi connectivity index (χ0n) is 12.2. The average Bonchev–Trinajstić information content (AvgIpc) is 3.07. The molecule has 1 aromatic carbocycles. The molecule has 1 aromatic heterocycles. The van der Waals surface area contributed by atoms with Gasteiger partial charge in [0, 0.05) is 6.20 Å². The highest BCUT2D eigenvalue weighted by Gasteiger charge is 2.29. The topological polar surface area (TPSA) is 61.3 Å². The highest BCUT2D eigenvalue weighted by Crippen LogP contribution is 2.25. The third kappa shape index (κ3) is 3.14. The first-order chi connectivity index (χ1) is 10.7. The highest BCUT2D eigenvalue weighted by molar-refractivity contribution is 5.97. The van der Waals surface area contributed by atoms with Gasteiger partial charge in [-0.2, -0.15) is 0 Å². The summed E-state index contributed by atoms with van der Waals surface area (Å²) >= 11 is 0. The van der Waals surface area contributed by atoms with Crippen LogP contribution in [0, 0.1) is 12.8 Å². The van der Waals surface area contributed by atoms with Crippen molar-refractivity contribution in [3.63, 3.8) is 0 Å². The molecule has 0 saturated carbocycles. The number of benzene rings is 1. The van der Waals surface area contributed by atoms with Crippen LogP contribution < -0.4 is 0 Å². The van der Waals surface area contributed by atoms with Gasteiger partial charge in [-0.25, -0.2) is 9.97 Å².